The fourth-order valence-corrected chi connectivity index (χ4v) is 3.80. The average molecular weight is 303 g/mol. The van der Waals surface area contributed by atoms with Crippen molar-refractivity contribution in [2.45, 2.75) is 19.4 Å². The molecule has 1 saturated carbocycles. The van der Waals surface area contributed by atoms with Crippen LogP contribution in [0, 0.1) is 5.41 Å². The zero-order valence-electron chi connectivity index (χ0n) is 9.92. The van der Waals surface area contributed by atoms with Gasteiger partial charge in [-0.15, -0.1) is 11.3 Å². The molecule has 1 aliphatic carbocycles. The molecular weight excluding hydrogens is 284 g/mol. The molecule has 1 aromatic heterocycles. The molecule has 4 heteroatoms. The summed E-state index contributed by atoms with van der Waals surface area (Å²) in [5.41, 5.74) is 0.567. The number of nitrogens with zero attached hydrogens (tertiary/aromatic N) is 1. The Hall–Kier alpha value is 0.1000. The van der Waals surface area contributed by atoms with E-state index in [2.05, 4.69) is 51.7 Å². The van der Waals surface area contributed by atoms with Crippen LogP contribution in [0.2, 0.25) is 0 Å². The summed E-state index contributed by atoms with van der Waals surface area (Å²) in [5, 5.41) is 5.47. The maximum absolute atomic E-state index is 3.50. The third-order valence-electron chi connectivity index (χ3n) is 3.16. The fraction of sp³-hybridized carbons (Fsp3) is 0.667. The zero-order valence-corrected chi connectivity index (χ0v) is 12.3. The minimum Gasteiger partial charge on any atom is -0.319 e. The first-order valence-electron chi connectivity index (χ1n) is 5.70. The van der Waals surface area contributed by atoms with Gasteiger partial charge in [-0.2, -0.15) is 0 Å². The van der Waals surface area contributed by atoms with Gasteiger partial charge in [0.25, 0.3) is 0 Å². The standard InChI is InChI=1S/C12H19BrN2S/c1-14-8-12(3-4-12)9-15(2)6-11-5-10(13)7-16-11/h5,7,14H,3-4,6,8-9H2,1-2H3. The maximum atomic E-state index is 3.50. The van der Waals surface area contributed by atoms with Crippen molar-refractivity contribution in [1.29, 1.82) is 0 Å². The van der Waals surface area contributed by atoms with Crippen molar-refractivity contribution in [3.8, 4) is 0 Å². The summed E-state index contributed by atoms with van der Waals surface area (Å²) in [6.45, 7) is 3.44. The quantitative estimate of drug-likeness (QED) is 0.869. The Kier molecular flexibility index (Phi) is 4.06. The summed E-state index contributed by atoms with van der Waals surface area (Å²) >= 11 is 5.34. The van der Waals surface area contributed by atoms with Gasteiger partial charge in [0.05, 0.1) is 0 Å². The summed E-state index contributed by atoms with van der Waals surface area (Å²) in [5.74, 6) is 0. The van der Waals surface area contributed by atoms with Crippen molar-refractivity contribution in [3.63, 3.8) is 0 Å². The first-order chi connectivity index (χ1) is 7.63. The van der Waals surface area contributed by atoms with E-state index in [1.165, 1.54) is 28.7 Å². The van der Waals surface area contributed by atoms with Crippen molar-refractivity contribution in [2.24, 2.45) is 5.41 Å². The number of nitrogens with one attached hydrogen (secondary N) is 1. The summed E-state index contributed by atoms with van der Waals surface area (Å²) in [6.07, 6.45) is 2.76. The van der Waals surface area contributed by atoms with E-state index in [4.69, 9.17) is 0 Å². The lowest BCUT2D eigenvalue weighted by molar-refractivity contribution is 0.254. The summed E-state index contributed by atoms with van der Waals surface area (Å²) in [4.78, 5) is 3.89. The Morgan fingerprint density at radius 2 is 2.31 bits per heavy atom. The van der Waals surface area contributed by atoms with Crippen LogP contribution in [0.4, 0.5) is 0 Å². The van der Waals surface area contributed by atoms with Gasteiger partial charge in [-0.25, -0.2) is 0 Å². The van der Waals surface area contributed by atoms with Crippen LogP contribution in [0.5, 0.6) is 0 Å². The summed E-state index contributed by atoms with van der Waals surface area (Å²) < 4.78 is 1.21. The van der Waals surface area contributed by atoms with Gasteiger partial charge in [-0.05, 0) is 54.3 Å². The number of rotatable bonds is 6. The van der Waals surface area contributed by atoms with E-state index in [9.17, 15) is 0 Å². The van der Waals surface area contributed by atoms with Crippen LogP contribution < -0.4 is 5.32 Å². The maximum Gasteiger partial charge on any atom is 0.0325 e. The van der Waals surface area contributed by atoms with E-state index in [-0.39, 0.29) is 0 Å². The van der Waals surface area contributed by atoms with E-state index < -0.39 is 0 Å². The molecule has 0 atom stereocenters. The number of hydrogen-bond acceptors (Lipinski definition) is 3. The van der Waals surface area contributed by atoms with E-state index in [1.54, 1.807) is 0 Å². The van der Waals surface area contributed by atoms with Gasteiger partial charge in [0.1, 0.15) is 0 Å². The van der Waals surface area contributed by atoms with E-state index in [1.807, 2.05) is 11.3 Å². The van der Waals surface area contributed by atoms with Gasteiger partial charge in [-0.3, -0.25) is 0 Å². The highest BCUT2D eigenvalue weighted by molar-refractivity contribution is 9.10. The van der Waals surface area contributed by atoms with E-state index in [0.29, 0.717) is 5.41 Å². The molecule has 1 aliphatic rings. The van der Waals surface area contributed by atoms with E-state index in [0.717, 1.165) is 13.1 Å². The van der Waals surface area contributed by atoms with Crippen molar-refractivity contribution in [3.05, 3.63) is 20.8 Å². The molecule has 1 heterocycles. The second-order valence-corrected chi connectivity index (χ2v) is 6.85. The second-order valence-electron chi connectivity index (χ2n) is 4.93. The van der Waals surface area contributed by atoms with Crippen LogP contribution in [0.15, 0.2) is 15.9 Å². The molecule has 1 fully saturated rings. The van der Waals surface area contributed by atoms with Crippen molar-refractivity contribution in [1.82, 2.24) is 10.2 Å². The third kappa shape index (κ3) is 3.29. The van der Waals surface area contributed by atoms with Gasteiger partial charge in [0.15, 0.2) is 0 Å². The van der Waals surface area contributed by atoms with Crippen LogP contribution in [-0.2, 0) is 6.54 Å². The first-order valence-corrected chi connectivity index (χ1v) is 7.37. The highest BCUT2D eigenvalue weighted by Gasteiger charge is 2.42. The Morgan fingerprint density at radius 1 is 1.56 bits per heavy atom. The van der Waals surface area contributed by atoms with Crippen LogP contribution in [0.25, 0.3) is 0 Å². The van der Waals surface area contributed by atoms with Gasteiger partial charge >= 0.3 is 0 Å². The molecule has 0 bridgehead atoms. The van der Waals surface area contributed by atoms with Gasteiger partial charge in [0, 0.05) is 34.4 Å². The zero-order chi connectivity index (χ0) is 11.6. The van der Waals surface area contributed by atoms with E-state index >= 15 is 0 Å². The number of halogens is 1. The Morgan fingerprint density at radius 3 is 2.81 bits per heavy atom. The third-order valence-corrected chi connectivity index (χ3v) is 4.84. The molecule has 0 saturated heterocycles. The predicted octanol–water partition coefficient (Wildman–Crippen LogP) is 2.94. The van der Waals surface area contributed by atoms with Crippen LogP contribution in [0.3, 0.4) is 0 Å². The van der Waals surface area contributed by atoms with Crippen LogP contribution in [0.1, 0.15) is 17.7 Å². The van der Waals surface area contributed by atoms with Gasteiger partial charge in [-0.1, -0.05) is 0 Å². The lowest BCUT2D eigenvalue weighted by Gasteiger charge is -2.22. The Labute approximate surface area is 110 Å². The Balaban J connectivity index is 1.82. The van der Waals surface area contributed by atoms with Crippen molar-refractivity contribution < 1.29 is 0 Å². The lowest BCUT2D eigenvalue weighted by atomic mass is 10.1. The molecule has 0 aliphatic heterocycles. The fourth-order valence-electron chi connectivity index (χ4n) is 2.27. The topological polar surface area (TPSA) is 15.3 Å². The Bertz CT molecular complexity index is 347. The number of hydrogen-bond donors (Lipinski definition) is 1. The largest absolute Gasteiger partial charge is 0.319 e. The molecule has 1 aromatic rings. The first kappa shape index (κ1) is 12.6. The molecule has 0 radical (unpaired) electrons. The lowest BCUT2D eigenvalue weighted by Crippen LogP contribution is -2.32. The molecule has 2 rings (SSSR count). The van der Waals surface area contributed by atoms with Crippen LogP contribution >= 0.6 is 27.3 Å². The van der Waals surface area contributed by atoms with Crippen molar-refractivity contribution in [2.75, 3.05) is 27.2 Å². The highest BCUT2D eigenvalue weighted by Crippen LogP contribution is 2.45. The molecule has 0 unspecified atom stereocenters. The molecular formula is C12H19BrN2S. The average Bonchev–Trinajstić information content (AvgIpc) is 2.82. The highest BCUT2D eigenvalue weighted by atomic mass is 79.9. The molecule has 1 N–H and O–H groups in total. The molecule has 2 nitrogen and oxygen atoms in total. The monoisotopic (exact) mass is 302 g/mol. The SMILES string of the molecule is CNCC1(CN(C)Cc2cc(Br)cs2)CC1. The minimum absolute atomic E-state index is 0.567. The summed E-state index contributed by atoms with van der Waals surface area (Å²) in [6, 6.07) is 2.22. The molecule has 90 valence electrons. The number of thiophene rings is 1. The van der Waals surface area contributed by atoms with Gasteiger partial charge in [0.2, 0.25) is 0 Å². The molecule has 0 amide bonds. The smallest absolute Gasteiger partial charge is 0.0325 e. The molecule has 0 aromatic carbocycles. The predicted molar refractivity (Wildman–Crippen MR) is 73.9 cm³/mol. The molecule has 16 heavy (non-hydrogen) atoms. The summed E-state index contributed by atoms with van der Waals surface area (Å²) in [7, 11) is 4.28. The molecule has 0 spiro atoms. The van der Waals surface area contributed by atoms with Gasteiger partial charge < -0.3 is 10.2 Å². The van der Waals surface area contributed by atoms with Crippen LogP contribution in [-0.4, -0.2) is 32.1 Å². The minimum atomic E-state index is 0.567. The second kappa shape index (κ2) is 5.17. The normalized spacial score (nSPS) is 18.0. The van der Waals surface area contributed by atoms with Crippen molar-refractivity contribution >= 4 is 27.3 Å².